The van der Waals surface area contributed by atoms with Crippen LogP contribution in [0.15, 0.2) is 47.2 Å². The van der Waals surface area contributed by atoms with Crippen LogP contribution in [0, 0.1) is 0 Å². The van der Waals surface area contributed by atoms with Gasteiger partial charge in [0.2, 0.25) is 0 Å². The summed E-state index contributed by atoms with van der Waals surface area (Å²) in [5.74, 6) is 0.978. The number of hydrogen-bond acceptors (Lipinski definition) is 3. The SMILES string of the molecule is Brc1cnccc1NC1CCOc2ccccc21. The fourth-order valence-electron chi connectivity index (χ4n) is 2.17. The molecule has 0 spiro atoms. The van der Waals surface area contributed by atoms with Crippen molar-refractivity contribution in [2.45, 2.75) is 12.5 Å². The van der Waals surface area contributed by atoms with Gasteiger partial charge in [-0.3, -0.25) is 4.98 Å². The Morgan fingerprint density at radius 3 is 3.06 bits per heavy atom. The fourth-order valence-corrected chi connectivity index (χ4v) is 2.54. The number of nitrogens with zero attached hydrogens (tertiary/aromatic N) is 1. The van der Waals surface area contributed by atoms with Crippen LogP contribution in [0.25, 0.3) is 0 Å². The van der Waals surface area contributed by atoms with Gasteiger partial charge in [0.15, 0.2) is 0 Å². The van der Waals surface area contributed by atoms with Crippen molar-refractivity contribution in [1.82, 2.24) is 4.98 Å². The van der Waals surface area contributed by atoms with E-state index >= 15 is 0 Å². The number of anilines is 1. The molecule has 0 bridgehead atoms. The summed E-state index contributed by atoms with van der Waals surface area (Å²) in [7, 11) is 0. The largest absolute Gasteiger partial charge is 0.493 e. The fraction of sp³-hybridized carbons (Fsp3) is 0.214. The first-order valence-corrected chi connectivity index (χ1v) is 6.71. The molecule has 4 heteroatoms. The van der Waals surface area contributed by atoms with Crippen LogP contribution in [0.4, 0.5) is 5.69 Å². The third-order valence-corrected chi connectivity index (χ3v) is 3.69. The summed E-state index contributed by atoms with van der Waals surface area (Å²) in [5.41, 5.74) is 2.28. The van der Waals surface area contributed by atoms with Crippen LogP contribution in [-0.2, 0) is 0 Å². The zero-order chi connectivity index (χ0) is 12.4. The van der Waals surface area contributed by atoms with Crippen LogP contribution < -0.4 is 10.1 Å². The lowest BCUT2D eigenvalue weighted by molar-refractivity contribution is 0.274. The van der Waals surface area contributed by atoms with Gasteiger partial charge in [-0.15, -0.1) is 0 Å². The summed E-state index contributed by atoms with van der Waals surface area (Å²) < 4.78 is 6.64. The highest BCUT2D eigenvalue weighted by molar-refractivity contribution is 9.10. The molecule has 18 heavy (non-hydrogen) atoms. The minimum absolute atomic E-state index is 0.286. The minimum Gasteiger partial charge on any atom is -0.493 e. The van der Waals surface area contributed by atoms with Gasteiger partial charge in [-0.25, -0.2) is 0 Å². The first-order valence-electron chi connectivity index (χ1n) is 5.92. The molecule has 3 nitrogen and oxygen atoms in total. The second-order valence-corrected chi connectivity index (χ2v) is 5.08. The molecule has 3 rings (SSSR count). The van der Waals surface area contributed by atoms with Gasteiger partial charge in [-0.2, -0.15) is 0 Å². The Morgan fingerprint density at radius 1 is 1.28 bits per heavy atom. The van der Waals surface area contributed by atoms with Crippen molar-refractivity contribution < 1.29 is 4.74 Å². The van der Waals surface area contributed by atoms with Crippen molar-refractivity contribution in [2.75, 3.05) is 11.9 Å². The van der Waals surface area contributed by atoms with Crippen LogP contribution in [0.5, 0.6) is 5.75 Å². The molecular formula is C14H13BrN2O. The van der Waals surface area contributed by atoms with Crippen LogP contribution >= 0.6 is 15.9 Å². The number of fused-ring (bicyclic) bond motifs is 1. The van der Waals surface area contributed by atoms with Crippen LogP contribution in [-0.4, -0.2) is 11.6 Å². The number of aromatic nitrogens is 1. The Balaban J connectivity index is 1.89. The summed E-state index contributed by atoms with van der Waals surface area (Å²) in [4.78, 5) is 4.07. The van der Waals surface area contributed by atoms with Gasteiger partial charge in [0, 0.05) is 24.4 Å². The Bertz CT molecular complexity index is 559. The van der Waals surface area contributed by atoms with Gasteiger partial charge in [-0.05, 0) is 28.1 Å². The van der Waals surface area contributed by atoms with Gasteiger partial charge in [0.05, 0.1) is 22.8 Å². The van der Waals surface area contributed by atoms with Crippen molar-refractivity contribution in [3.63, 3.8) is 0 Å². The maximum absolute atomic E-state index is 5.66. The number of nitrogens with one attached hydrogen (secondary N) is 1. The molecule has 1 aliphatic heterocycles. The standard InChI is InChI=1S/C14H13BrN2O/c15-11-9-16-7-5-13(11)17-12-6-8-18-14-4-2-1-3-10(12)14/h1-5,7,9,12H,6,8H2,(H,16,17). The van der Waals surface area contributed by atoms with Crippen LogP contribution in [0.1, 0.15) is 18.0 Å². The van der Waals surface area contributed by atoms with Crippen LogP contribution in [0.3, 0.4) is 0 Å². The molecule has 92 valence electrons. The average molecular weight is 305 g/mol. The van der Waals surface area contributed by atoms with E-state index in [4.69, 9.17) is 4.74 Å². The van der Waals surface area contributed by atoms with Gasteiger partial charge in [0.25, 0.3) is 0 Å². The number of ether oxygens (including phenoxy) is 1. The van der Waals surface area contributed by atoms with E-state index in [1.54, 1.807) is 12.4 Å². The Labute approximate surface area is 114 Å². The lowest BCUT2D eigenvalue weighted by Gasteiger charge is -2.27. The molecule has 1 N–H and O–H groups in total. The quantitative estimate of drug-likeness (QED) is 0.917. The van der Waals surface area contributed by atoms with Crippen molar-refractivity contribution in [1.29, 1.82) is 0 Å². The van der Waals surface area contributed by atoms with Gasteiger partial charge < -0.3 is 10.1 Å². The predicted molar refractivity (Wildman–Crippen MR) is 74.9 cm³/mol. The maximum Gasteiger partial charge on any atom is 0.124 e. The number of hydrogen-bond donors (Lipinski definition) is 1. The van der Waals surface area contributed by atoms with Gasteiger partial charge >= 0.3 is 0 Å². The summed E-state index contributed by atoms with van der Waals surface area (Å²) in [5, 5.41) is 3.54. The van der Waals surface area contributed by atoms with Crippen molar-refractivity contribution in [3.05, 3.63) is 52.8 Å². The zero-order valence-corrected chi connectivity index (χ0v) is 11.4. The van der Waals surface area contributed by atoms with Crippen LogP contribution in [0.2, 0.25) is 0 Å². The molecule has 0 fully saturated rings. The van der Waals surface area contributed by atoms with E-state index in [1.165, 1.54) is 5.56 Å². The highest BCUT2D eigenvalue weighted by Gasteiger charge is 2.21. The highest BCUT2D eigenvalue weighted by Crippen LogP contribution is 2.35. The molecule has 1 aromatic carbocycles. The lowest BCUT2D eigenvalue weighted by atomic mass is 10.0. The van der Waals surface area contributed by atoms with E-state index in [2.05, 4.69) is 32.3 Å². The summed E-state index contributed by atoms with van der Waals surface area (Å²) in [6.45, 7) is 0.747. The van der Waals surface area contributed by atoms with Crippen molar-refractivity contribution >= 4 is 21.6 Å². The molecule has 1 unspecified atom stereocenters. The molecule has 1 atom stereocenters. The third kappa shape index (κ3) is 2.20. The molecule has 2 aromatic rings. The van der Waals surface area contributed by atoms with E-state index in [1.807, 2.05) is 24.3 Å². The van der Waals surface area contributed by atoms with E-state index < -0.39 is 0 Å². The number of rotatable bonds is 2. The number of para-hydroxylation sites is 1. The monoisotopic (exact) mass is 304 g/mol. The molecule has 0 saturated heterocycles. The Kier molecular flexibility index (Phi) is 3.19. The van der Waals surface area contributed by atoms with E-state index in [-0.39, 0.29) is 6.04 Å². The first-order chi connectivity index (χ1) is 8.84. The minimum atomic E-state index is 0.286. The summed E-state index contributed by atoms with van der Waals surface area (Å²) in [6, 6.07) is 10.4. The normalized spacial score (nSPS) is 17.7. The van der Waals surface area contributed by atoms with E-state index in [0.717, 1.165) is 28.9 Å². The van der Waals surface area contributed by atoms with E-state index in [9.17, 15) is 0 Å². The number of pyridine rings is 1. The molecule has 2 heterocycles. The molecule has 1 aromatic heterocycles. The average Bonchev–Trinajstić information content (AvgIpc) is 2.42. The Morgan fingerprint density at radius 2 is 2.17 bits per heavy atom. The van der Waals surface area contributed by atoms with Gasteiger partial charge in [-0.1, -0.05) is 18.2 Å². The van der Waals surface area contributed by atoms with Gasteiger partial charge in [0.1, 0.15) is 5.75 Å². The second-order valence-electron chi connectivity index (χ2n) is 4.23. The molecule has 0 amide bonds. The smallest absolute Gasteiger partial charge is 0.124 e. The second kappa shape index (κ2) is 4.98. The predicted octanol–water partition coefficient (Wildman–Crippen LogP) is 3.78. The zero-order valence-electron chi connectivity index (χ0n) is 9.77. The van der Waals surface area contributed by atoms with Crippen molar-refractivity contribution in [2.24, 2.45) is 0 Å². The maximum atomic E-state index is 5.66. The summed E-state index contributed by atoms with van der Waals surface area (Å²) in [6.07, 6.45) is 4.55. The molecule has 0 saturated carbocycles. The Hall–Kier alpha value is -1.55. The highest BCUT2D eigenvalue weighted by atomic mass is 79.9. The number of halogens is 1. The topological polar surface area (TPSA) is 34.2 Å². The lowest BCUT2D eigenvalue weighted by Crippen LogP contribution is -2.20. The molecule has 0 radical (unpaired) electrons. The third-order valence-electron chi connectivity index (χ3n) is 3.06. The molecule has 1 aliphatic rings. The van der Waals surface area contributed by atoms with E-state index in [0.29, 0.717) is 0 Å². The summed E-state index contributed by atoms with van der Waals surface area (Å²) >= 11 is 3.51. The number of benzene rings is 1. The molecule has 0 aliphatic carbocycles. The van der Waals surface area contributed by atoms with Crippen molar-refractivity contribution in [3.8, 4) is 5.75 Å². The molecular weight excluding hydrogens is 292 g/mol. The first kappa shape index (κ1) is 11.5.